The van der Waals surface area contributed by atoms with Gasteiger partial charge in [0.15, 0.2) is 0 Å². The molecule has 0 aliphatic carbocycles. The molecule has 1 N–H and O–H groups in total. The van der Waals surface area contributed by atoms with Crippen LogP contribution in [0.2, 0.25) is 0 Å². The molecule has 4 heteroatoms. The number of aliphatic hydroxyl groups is 1. The average Bonchev–Trinajstić information content (AvgIpc) is 2.29. The minimum atomic E-state index is -0.274. The average molecular weight is 221 g/mol. The summed E-state index contributed by atoms with van der Waals surface area (Å²) in [5.74, 6) is 0.274. The summed E-state index contributed by atoms with van der Waals surface area (Å²) in [6.45, 7) is 4.34. The van der Waals surface area contributed by atoms with Gasteiger partial charge in [-0.05, 0) is 25.3 Å². The number of likely N-dealkylation sites (tertiary alicyclic amines) is 1. The van der Waals surface area contributed by atoms with Gasteiger partial charge in [0.05, 0.1) is 24.2 Å². The Bertz CT molecular complexity index is 292. The standard InChI is InChI=1S/C12H19N3O/c1-10-4-6-15(9-12(10)16)8-11(7-14)3-2-5-13/h10-12,16H,2-4,6,8-9H2,1H3. The molecule has 1 rings (SSSR count). The zero-order valence-corrected chi connectivity index (χ0v) is 9.76. The van der Waals surface area contributed by atoms with Crippen molar-refractivity contribution >= 4 is 0 Å². The molecule has 1 saturated heterocycles. The second-order valence-corrected chi connectivity index (χ2v) is 4.62. The van der Waals surface area contributed by atoms with Gasteiger partial charge in [-0.2, -0.15) is 10.5 Å². The second kappa shape index (κ2) is 6.48. The van der Waals surface area contributed by atoms with E-state index < -0.39 is 0 Å². The van der Waals surface area contributed by atoms with Crippen LogP contribution in [-0.4, -0.2) is 35.7 Å². The molecule has 0 saturated carbocycles. The molecule has 3 unspecified atom stereocenters. The molecule has 0 radical (unpaired) electrons. The van der Waals surface area contributed by atoms with Gasteiger partial charge in [0.25, 0.3) is 0 Å². The highest BCUT2D eigenvalue weighted by Gasteiger charge is 2.25. The first-order valence-corrected chi connectivity index (χ1v) is 5.84. The molecule has 88 valence electrons. The van der Waals surface area contributed by atoms with Gasteiger partial charge in [-0.15, -0.1) is 0 Å². The Labute approximate surface area is 97.1 Å². The van der Waals surface area contributed by atoms with Crippen LogP contribution in [0.15, 0.2) is 0 Å². The first-order chi connectivity index (χ1) is 7.67. The van der Waals surface area contributed by atoms with Crippen molar-refractivity contribution < 1.29 is 5.11 Å². The van der Waals surface area contributed by atoms with Crippen LogP contribution in [0.3, 0.4) is 0 Å². The summed E-state index contributed by atoms with van der Waals surface area (Å²) in [6.07, 6.45) is 1.78. The van der Waals surface area contributed by atoms with Crippen LogP contribution in [0, 0.1) is 34.5 Å². The molecule has 0 amide bonds. The molecule has 1 aliphatic rings. The van der Waals surface area contributed by atoms with Crippen molar-refractivity contribution in [2.45, 2.75) is 32.3 Å². The van der Waals surface area contributed by atoms with E-state index in [1.807, 2.05) is 0 Å². The molecule has 4 nitrogen and oxygen atoms in total. The molecule has 0 bridgehead atoms. The quantitative estimate of drug-likeness (QED) is 0.772. The van der Waals surface area contributed by atoms with Crippen LogP contribution in [0.5, 0.6) is 0 Å². The summed E-state index contributed by atoms with van der Waals surface area (Å²) < 4.78 is 0. The molecule has 1 heterocycles. The molecule has 3 atom stereocenters. The summed E-state index contributed by atoms with van der Waals surface area (Å²) >= 11 is 0. The topological polar surface area (TPSA) is 71.0 Å². The molecule has 1 aliphatic heterocycles. The van der Waals surface area contributed by atoms with Crippen LogP contribution in [0.25, 0.3) is 0 Å². The van der Waals surface area contributed by atoms with Crippen molar-refractivity contribution in [1.29, 1.82) is 10.5 Å². The first kappa shape index (κ1) is 13.0. The smallest absolute Gasteiger partial charge is 0.0693 e. The third kappa shape index (κ3) is 3.81. The van der Waals surface area contributed by atoms with Crippen molar-refractivity contribution in [2.24, 2.45) is 11.8 Å². The number of hydrogen-bond donors (Lipinski definition) is 1. The van der Waals surface area contributed by atoms with Crippen molar-refractivity contribution in [3.63, 3.8) is 0 Å². The largest absolute Gasteiger partial charge is 0.392 e. The monoisotopic (exact) mass is 221 g/mol. The molecule has 0 aromatic carbocycles. The SMILES string of the molecule is CC1CCN(CC(C#N)CCC#N)CC1O. The van der Waals surface area contributed by atoms with Gasteiger partial charge in [0.1, 0.15) is 0 Å². The summed E-state index contributed by atoms with van der Waals surface area (Å²) in [5.41, 5.74) is 0. The summed E-state index contributed by atoms with van der Waals surface area (Å²) in [6, 6.07) is 4.30. The number of aliphatic hydroxyl groups excluding tert-OH is 1. The molecule has 1 fully saturated rings. The maximum absolute atomic E-state index is 9.73. The molecule has 16 heavy (non-hydrogen) atoms. The Kier molecular flexibility index (Phi) is 5.25. The zero-order valence-electron chi connectivity index (χ0n) is 9.76. The second-order valence-electron chi connectivity index (χ2n) is 4.62. The predicted octanol–water partition coefficient (Wildman–Crippen LogP) is 1.13. The fourth-order valence-corrected chi connectivity index (χ4v) is 2.03. The predicted molar refractivity (Wildman–Crippen MR) is 60.2 cm³/mol. The van der Waals surface area contributed by atoms with Crippen LogP contribution in [0.1, 0.15) is 26.2 Å². The highest BCUT2D eigenvalue weighted by molar-refractivity contribution is 4.89. The molecule has 0 aromatic heterocycles. The van der Waals surface area contributed by atoms with Gasteiger partial charge in [0.2, 0.25) is 0 Å². The normalized spacial score (nSPS) is 28.0. The van der Waals surface area contributed by atoms with E-state index in [9.17, 15) is 5.11 Å². The van der Waals surface area contributed by atoms with E-state index in [1.54, 1.807) is 0 Å². The first-order valence-electron chi connectivity index (χ1n) is 5.84. The maximum atomic E-state index is 9.73. The lowest BCUT2D eigenvalue weighted by atomic mass is 9.94. The number of hydrogen-bond acceptors (Lipinski definition) is 4. The minimum absolute atomic E-state index is 0.0831. The summed E-state index contributed by atoms with van der Waals surface area (Å²) in [7, 11) is 0. The lowest BCUT2D eigenvalue weighted by Crippen LogP contribution is -2.44. The summed E-state index contributed by atoms with van der Waals surface area (Å²) in [5, 5.41) is 27.2. The van der Waals surface area contributed by atoms with Crippen LogP contribution < -0.4 is 0 Å². The Morgan fingerprint density at radius 3 is 2.81 bits per heavy atom. The van der Waals surface area contributed by atoms with E-state index in [2.05, 4.69) is 24.0 Å². The van der Waals surface area contributed by atoms with E-state index >= 15 is 0 Å². The Balaban J connectivity index is 2.36. The fourth-order valence-electron chi connectivity index (χ4n) is 2.03. The molecular weight excluding hydrogens is 202 g/mol. The van der Waals surface area contributed by atoms with E-state index in [0.29, 0.717) is 31.8 Å². The van der Waals surface area contributed by atoms with Crippen molar-refractivity contribution in [2.75, 3.05) is 19.6 Å². The van der Waals surface area contributed by atoms with Gasteiger partial charge >= 0.3 is 0 Å². The van der Waals surface area contributed by atoms with E-state index in [4.69, 9.17) is 10.5 Å². The Morgan fingerprint density at radius 2 is 2.25 bits per heavy atom. The third-order valence-electron chi connectivity index (χ3n) is 3.27. The van der Waals surface area contributed by atoms with Gasteiger partial charge in [-0.1, -0.05) is 6.92 Å². The van der Waals surface area contributed by atoms with Crippen molar-refractivity contribution in [1.82, 2.24) is 4.90 Å². The van der Waals surface area contributed by atoms with Crippen LogP contribution in [0.4, 0.5) is 0 Å². The molecule has 0 spiro atoms. The highest BCUT2D eigenvalue weighted by atomic mass is 16.3. The van der Waals surface area contributed by atoms with Gasteiger partial charge in [-0.25, -0.2) is 0 Å². The van der Waals surface area contributed by atoms with E-state index in [0.717, 1.165) is 13.0 Å². The highest BCUT2D eigenvalue weighted by Crippen LogP contribution is 2.18. The zero-order chi connectivity index (χ0) is 12.0. The van der Waals surface area contributed by atoms with Gasteiger partial charge < -0.3 is 5.11 Å². The van der Waals surface area contributed by atoms with E-state index in [-0.39, 0.29) is 12.0 Å². The lowest BCUT2D eigenvalue weighted by molar-refractivity contribution is 0.0253. The third-order valence-corrected chi connectivity index (χ3v) is 3.27. The Morgan fingerprint density at radius 1 is 1.50 bits per heavy atom. The number of piperidine rings is 1. The van der Waals surface area contributed by atoms with Crippen molar-refractivity contribution in [3.05, 3.63) is 0 Å². The number of nitriles is 2. The number of β-amino-alcohol motifs (C(OH)–C–C–N with tert-alkyl or cyclic N) is 1. The lowest BCUT2D eigenvalue weighted by Gasteiger charge is -2.35. The molecule has 0 aromatic rings. The fraction of sp³-hybridized carbons (Fsp3) is 0.833. The number of nitrogens with zero attached hydrogens (tertiary/aromatic N) is 3. The Hall–Kier alpha value is -1.10. The number of rotatable bonds is 4. The van der Waals surface area contributed by atoms with Crippen LogP contribution >= 0.6 is 0 Å². The maximum Gasteiger partial charge on any atom is 0.0693 e. The van der Waals surface area contributed by atoms with Crippen molar-refractivity contribution in [3.8, 4) is 12.1 Å². The molecular formula is C12H19N3O. The summed E-state index contributed by atoms with van der Waals surface area (Å²) in [4.78, 5) is 2.13. The van der Waals surface area contributed by atoms with E-state index in [1.165, 1.54) is 0 Å². The van der Waals surface area contributed by atoms with Gasteiger partial charge in [-0.3, -0.25) is 4.90 Å². The van der Waals surface area contributed by atoms with Gasteiger partial charge in [0, 0.05) is 19.5 Å². The minimum Gasteiger partial charge on any atom is -0.392 e. The van der Waals surface area contributed by atoms with Crippen LogP contribution in [-0.2, 0) is 0 Å².